The monoisotopic (exact) mass is 530 g/mol. The van der Waals surface area contributed by atoms with Crippen molar-refractivity contribution in [1.29, 1.82) is 0 Å². The highest BCUT2D eigenvalue weighted by Crippen LogP contribution is 2.16. The van der Waals surface area contributed by atoms with Gasteiger partial charge in [0, 0.05) is 28.2 Å². The highest BCUT2D eigenvalue weighted by molar-refractivity contribution is 14.0. The molecular formula is C19H24ClIN6S. The van der Waals surface area contributed by atoms with Gasteiger partial charge >= 0.3 is 0 Å². The van der Waals surface area contributed by atoms with E-state index in [4.69, 9.17) is 11.6 Å². The lowest BCUT2D eigenvalue weighted by atomic mass is 10.3. The summed E-state index contributed by atoms with van der Waals surface area (Å²) in [7, 11) is 0. The number of hydrogen-bond donors (Lipinski definition) is 2. The van der Waals surface area contributed by atoms with Crippen LogP contribution in [0.1, 0.15) is 28.1 Å². The predicted octanol–water partition coefficient (Wildman–Crippen LogP) is 4.47. The van der Waals surface area contributed by atoms with Crippen LogP contribution in [0.5, 0.6) is 0 Å². The Morgan fingerprint density at radius 1 is 1.21 bits per heavy atom. The molecule has 0 unspecified atom stereocenters. The molecule has 9 heteroatoms. The van der Waals surface area contributed by atoms with Gasteiger partial charge in [-0.3, -0.25) is 0 Å². The summed E-state index contributed by atoms with van der Waals surface area (Å²) in [5.41, 5.74) is 3.09. The molecule has 0 saturated heterocycles. The summed E-state index contributed by atoms with van der Waals surface area (Å²) in [6.07, 6.45) is 3.80. The molecule has 0 saturated carbocycles. The van der Waals surface area contributed by atoms with Crippen LogP contribution < -0.4 is 10.6 Å². The number of benzene rings is 1. The van der Waals surface area contributed by atoms with Gasteiger partial charge in [0.1, 0.15) is 5.01 Å². The third kappa shape index (κ3) is 6.18. The van der Waals surface area contributed by atoms with Crippen LogP contribution in [0.25, 0.3) is 5.69 Å². The molecule has 3 rings (SSSR count). The minimum absolute atomic E-state index is 0. The summed E-state index contributed by atoms with van der Waals surface area (Å²) >= 11 is 7.65. The van der Waals surface area contributed by atoms with Crippen LogP contribution in [0, 0.1) is 13.8 Å². The molecule has 0 aliphatic rings. The van der Waals surface area contributed by atoms with Crippen LogP contribution in [-0.2, 0) is 13.1 Å². The van der Waals surface area contributed by atoms with E-state index in [1.54, 1.807) is 11.3 Å². The third-order valence-electron chi connectivity index (χ3n) is 3.97. The van der Waals surface area contributed by atoms with E-state index in [0.717, 1.165) is 34.5 Å². The first kappa shape index (κ1) is 22.6. The molecule has 0 aliphatic carbocycles. The number of aliphatic imine (C=N–C) groups is 1. The normalized spacial score (nSPS) is 11.2. The molecule has 2 heterocycles. The maximum Gasteiger partial charge on any atom is 0.191 e. The molecule has 6 nitrogen and oxygen atoms in total. The minimum Gasteiger partial charge on any atom is -0.357 e. The average molecular weight is 531 g/mol. The van der Waals surface area contributed by atoms with E-state index >= 15 is 0 Å². The second-order valence-corrected chi connectivity index (χ2v) is 7.79. The van der Waals surface area contributed by atoms with Crippen LogP contribution >= 0.6 is 46.9 Å². The molecule has 0 aliphatic heterocycles. The van der Waals surface area contributed by atoms with Crippen LogP contribution in [0.15, 0.2) is 41.7 Å². The van der Waals surface area contributed by atoms with Crippen LogP contribution in [0.4, 0.5) is 0 Å². The predicted molar refractivity (Wildman–Crippen MR) is 127 cm³/mol. The van der Waals surface area contributed by atoms with Gasteiger partial charge in [-0.25, -0.2) is 14.7 Å². The zero-order valence-electron chi connectivity index (χ0n) is 16.1. The third-order valence-corrected chi connectivity index (χ3v) is 5.30. The van der Waals surface area contributed by atoms with Crippen LogP contribution in [0.2, 0.25) is 5.02 Å². The van der Waals surface area contributed by atoms with Crippen LogP contribution in [-0.4, -0.2) is 27.3 Å². The molecule has 0 atom stereocenters. The molecule has 3 aromatic rings. The zero-order valence-corrected chi connectivity index (χ0v) is 20.0. The Labute approximate surface area is 191 Å². The van der Waals surface area contributed by atoms with Crippen molar-refractivity contribution in [2.24, 2.45) is 4.99 Å². The molecule has 0 amide bonds. The molecule has 2 aromatic heterocycles. The first-order valence-corrected chi connectivity index (χ1v) is 9.99. The van der Waals surface area contributed by atoms with Gasteiger partial charge in [-0.2, -0.15) is 5.10 Å². The molecule has 0 radical (unpaired) electrons. The summed E-state index contributed by atoms with van der Waals surface area (Å²) in [5.74, 6) is 0.766. The number of nitrogens with zero attached hydrogens (tertiary/aromatic N) is 4. The fourth-order valence-electron chi connectivity index (χ4n) is 2.46. The Hall–Kier alpha value is -1.65. The number of thiazole rings is 1. The molecule has 2 N–H and O–H groups in total. The van der Waals surface area contributed by atoms with Gasteiger partial charge in [-0.05, 0) is 45.0 Å². The van der Waals surface area contributed by atoms with E-state index in [0.29, 0.717) is 18.1 Å². The lowest BCUT2D eigenvalue weighted by molar-refractivity contribution is 0.809. The number of halogens is 2. The lowest BCUT2D eigenvalue weighted by Crippen LogP contribution is -2.36. The fraction of sp³-hybridized carbons (Fsp3) is 0.316. The van der Waals surface area contributed by atoms with Crippen molar-refractivity contribution in [1.82, 2.24) is 25.4 Å². The number of aryl methyl sites for hydroxylation is 2. The van der Waals surface area contributed by atoms with E-state index < -0.39 is 0 Å². The molecule has 0 bridgehead atoms. The Morgan fingerprint density at radius 3 is 2.61 bits per heavy atom. The second kappa shape index (κ2) is 10.8. The van der Waals surface area contributed by atoms with E-state index in [9.17, 15) is 0 Å². The molecule has 0 fully saturated rings. The number of hydrogen-bond acceptors (Lipinski definition) is 4. The van der Waals surface area contributed by atoms with Gasteiger partial charge in [-0.15, -0.1) is 35.3 Å². The topological polar surface area (TPSA) is 67.1 Å². The Balaban J connectivity index is 0.00000280. The number of aromatic nitrogens is 3. The molecule has 0 spiro atoms. The maximum absolute atomic E-state index is 5.94. The maximum atomic E-state index is 5.94. The van der Waals surface area contributed by atoms with Gasteiger partial charge < -0.3 is 10.6 Å². The minimum atomic E-state index is 0. The number of guanidine groups is 1. The number of rotatable bonds is 6. The highest BCUT2D eigenvalue weighted by Gasteiger charge is 2.06. The summed E-state index contributed by atoms with van der Waals surface area (Å²) in [4.78, 5) is 10.5. The van der Waals surface area contributed by atoms with Crippen LogP contribution in [0.3, 0.4) is 0 Å². The quantitative estimate of drug-likeness (QED) is 0.280. The number of nitrogens with one attached hydrogen (secondary N) is 2. The van der Waals surface area contributed by atoms with Gasteiger partial charge in [0.2, 0.25) is 0 Å². The molecule has 150 valence electrons. The average Bonchev–Trinajstić information content (AvgIpc) is 3.25. The van der Waals surface area contributed by atoms with E-state index in [-0.39, 0.29) is 24.0 Å². The van der Waals surface area contributed by atoms with E-state index in [1.165, 1.54) is 4.88 Å². The van der Waals surface area contributed by atoms with E-state index in [1.807, 2.05) is 55.2 Å². The summed E-state index contributed by atoms with van der Waals surface area (Å²) in [6.45, 7) is 8.18. The summed E-state index contributed by atoms with van der Waals surface area (Å²) < 4.78 is 1.82. The highest BCUT2D eigenvalue weighted by atomic mass is 127. The summed E-state index contributed by atoms with van der Waals surface area (Å²) in [5, 5.41) is 12.8. The fourth-order valence-corrected chi connectivity index (χ4v) is 3.46. The van der Waals surface area contributed by atoms with Crippen molar-refractivity contribution in [2.45, 2.75) is 33.9 Å². The first-order valence-electron chi connectivity index (χ1n) is 8.79. The van der Waals surface area contributed by atoms with Crippen molar-refractivity contribution in [3.63, 3.8) is 0 Å². The van der Waals surface area contributed by atoms with Crippen molar-refractivity contribution in [2.75, 3.05) is 6.54 Å². The van der Waals surface area contributed by atoms with E-state index in [2.05, 4.69) is 32.6 Å². The SMILES string of the molecule is CCNC(=NCc1cnn(-c2ccc(Cl)cc2)c1)NCc1nc(C)c(C)s1.I. The Morgan fingerprint density at radius 2 is 1.96 bits per heavy atom. The van der Waals surface area contributed by atoms with Crippen molar-refractivity contribution in [3.8, 4) is 5.69 Å². The Kier molecular flexibility index (Phi) is 8.71. The molecule has 28 heavy (non-hydrogen) atoms. The second-order valence-electron chi connectivity index (χ2n) is 6.07. The lowest BCUT2D eigenvalue weighted by Gasteiger charge is -2.09. The zero-order chi connectivity index (χ0) is 19.2. The van der Waals surface area contributed by atoms with Gasteiger partial charge in [0.05, 0.1) is 30.7 Å². The van der Waals surface area contributed by atoms with Crippen molar-refractivity contribution in [3.05, 3.63) is 62.8 Å². The standard InChI is InChI=1S/C19H23ClN6S.HI/c1-4-21-19(23-11-18-25-13(2)14(3)27-18)22-9-15-10-24-26(12-15)17-7-5-16(20)6-8-17;/h5-8,10,12H,4,9,11H2,1-3H3,(H2,21,22,23);1H. The van der Waals surface area contributed by atoms with Gasteiger partial charge in [-0.1, -0.05) is 11.6 Å². The van der Waals surface area contributed by atoms with Gasteiger partial charge in [0.15, 0.2) is 5.96 Å². The summed E-state index contributed by atoms with van der Waals surface area (Å²) in [6, 6.07) is 7.58. The molecule has 1 aromatic carbocycles. The van der Waals surface area contributed by atoms with Crippen molar-refractivity contribution >= 4 is 52.9 Å². The molecular weight excluding hydrogens is 507 g/mol. The van der Waals surface area contributed by atoms with Crippen molar-refractivity contribution < 1.29 is 0 Å². The Bertz CT molecular complexity index is 899. The van der Waals surface area contributed by atoms with Gasteiger partial charge in [0.25, 0.3) is 0 Å². The smallest absolute Gasteiger partial charge is 0.191 e. The largest absolute Gasteiger partial charge is 0.357 e. The first-order chi connectivity index (χ1) is 13.0.